The van der Waals surface area contributed by atoms with Crippen LogP contribution in [0.5, 0.6) is 17.2 Å². The maximum absolute atomic E-state index is 5.94. The third-order valence-corrected chi connectivity index (χ3v) is 6.27. The molecule has 156 valence electrons. The van der Waals surface area contributed by atoms with Crippen LogP contribution < -0.4 is 9.47 Å². The van der Waals surface area contributed by atoms with Crippen molar-refractivity contribution in [2.45, 2.75) is 9.99 Å². The number of halogens is 2. The van der Waals surface area contributed by atoms with Gasteiger partial charge in [0, 0.05) is 16.0 Å². The van der Waals surface area contributed by atoms with Gasteiger partial charge in [-0.25, -0.2) is 0 Å². The summed E-state index contributed by atoms with van der Waals surface area (Å²) >= 11 is 11.0. The molecule has 0 saturated heterocycles. The lowest BCUT2D eigenvalue weighted by Crippen LogP contribution is -1.85. The van der Waals surface area contributed by atoms with Gasteiger partial charge in [0.05, 0.1) is 23.5 Å². The van der Waals surface area contributed by atoms with E-state index in [9.17, 15) is 0 Å². The highest BCUT2D eigenvalue weighted by Crippen LogP contribution is 2.36. The van der Waals surface area contributed by atoms with E-state index in [1.165, 1.54) is 11.8 Å². The van der Waals surface area contributed by atoms with Crippen LogP contribution >= 0.6 is 39.3 Å². The van der Waals surface area contributed by atoms with Gasteiger partial charge in [-0.2, -0.15) is 0 Å². The SMILES string of the molecule is COc1ccc(Oc2ccc(N=Cc3cc(Br)c(Sc4ccc(Cl)cc4)o3)cc2)cc1. The maximum Gasteiger partial charge on any atom is 0.179 e. The summed E-state index contributed by atoms with van der Waals surface area (Å²) in [5.41, 5.74) is 0.793. The Morgan fingerprint density at radius 1 is 0.903 bits per heavy atom. The molecule has 0 spiro atoms. The number of ether oxygens (including phenoxy) is 2. The molecule has 1 heterocycles. The van der Waals surface area contributed by atoms with E-state index in [2.05, 4.69) is 20.9 Å². The Bertz CT molecular complexity index is 1170. The van der Waals surface area contributed by atoms with Crippen LogP contribution in [-0.2, 0) is 0 Å². The second-order valence-electron chi connectivity index (χ2n) is 6.37. The molecule has 0 aliphatic rings. The number of methoxy groups -OCH3 is 1. The molecule has 4 rings (SSSR count). The van der Waals surface area contributed by atoms with Crippen LogP contribution in [-0.4, -0.2) is 13.3 Å². The van der Waals surface area contributed by atoms with Gasteiger partial charge in [0.1, 0.15) is 23.0 Å². The Balaban J connectivity index is 1.39. The molecule has 4 nitrogen and oxygen atoms in total. The lowest BCUT2D eigenvalue weighted by atomic mass is 10.3. The Kier molecular flexibility index (Phi) is 7.02. The molecule has 4 aromatic rings. The van der Waals surface area contributed by atoms with Gasteiger partial charge in [-0.1, -0.05) is 23.4 Å². The fraction of sp³-hybridized carbons (Fsp3) is 0.0417. The normalized spacial score (nSPS) is 11.1. The van der Waals surface area contributed by atoms with Crippen molar-refractivity contribution >= 4 is 51.2 Å². The van der Waals surface area contributed by atoms with Gasteiger partial charge < -0.3 is 13.9 Å². The predicted molar refractivity (Wildman–Crippen MR) is 129 cm³/mol. The summed E-state index contributed by atoms with van der Waals surface area (Å²) in [6, 6.07) is 24.4. The third-order valence-electron chi connectivity index (χ3n) is 4.17. The van der Waals surface area contributed by atoms with Gasteiger partial charge in [0.15, 0.2) is 5.09 Å². The summed E-state index contributed by atoms with van der Waals surface area (Å²) in [6.07, 6.45) is 1.69. The largest absolute Gasteiger partial charge is 0.497 e. The first-order chi connectivity index (χ1) is 15.1. The summed E-state index contributed by atoms with van der Waals surface area (Å²) < 4.78 is 17.8. The lowest BCUT2D eigenvalue weighted by Gasteiger charge is -2.06. The summed E-state index contributed by atoms with van der Waals surface area (Å²) in [5.74, 6) is 2.91. The van der Waals surface area contributed by atoms with Gasteiger partial charge in [-0.05, 0) is 88.7 Å². The van der Waals surface area contributed by atoms with E-state index in [4.69, 9.17) is 25.5 Å². The van der Waals surface area contributed by atoms with Crippen LogP contribution in [0.4, 0.5) is 5.69 Å². The van der Waals surface area contributed by atoms with Gasteiger partial charge in [0.25, 0.3) is 0 Å². The van der Waals surface area contributed by atoms with E-state index in [0.717, 1.165) is 37.4 Å². The molecule has 0 unspecified atom stereocenters. The molecule has 0 aliphatic carbocycles. The van der Waals surface area contributed by atoms with Crippen molar-refractivity contribution in [2.24, 2.45) is 4.99 Å². The number of furan rings is 1. The molecule has 31 heavy (non-hydrogen) atoms. The zero-order valence-corrected chi connectivity index (χ0v) is 19.6. The van der Waals surface area contributed by atoms with Gasteiger partial charge >= 0.3 is 0 Å². The van der Waals surface area contributed by atoms with E-state index in [1.54, 1.807) is 13.3 Å². The molecule has 0 fully saturated rings. The van der Waals surface area contributed by atoms with E-state index < -0.39 is 0 Å². The molecule has 0 saturated carbocycles. The van der Waals surface area contributed by atoms with Crippen LogP contribution in [0, 0.1) is 0 Å². The Morgan fingerprint density at radius 3 is 2.16 bits per heavy atom. The molecular formula is C24H17BrClNO3S. The first kappa shape index (κ1) is 21.6. The quantitative estimate of drug-likeness (QED) is 0.232. The second-order valence-corrected chi connectivity index (χ2v) is 8.71. The van der Waals surface area contributed by atoms with Crippen LogP contribution in [0.3, 0.4) is 0 Å². The summed E-state index contributed by atoms with van der Waals surface area (Å²) in [6.45, 7) is 0. The molecule has 0 amide bonds. The number of nitrogens with zero attached hydrogens (tertiary/aromatic N) is 1. The first-order valence-corrected chi connectivity index (χ1v) is 11.3. The lowest BCUT2D eigenvalue weighted by molar-refractivity contribution is 0.413. The second kappa shape index (κ2) is 10.1. The number of hydrogen-bond acceptors (Lipinski definition) is 5. The topological polar surface area (TPSA) is 44.0 Å². The van der Waals surface area contributed by atoms with Crippen LogP contribution in [0.25, 0.3) is 0 Å². The van der Waals surface area contributed by atoms with Gasteiger partial charge in [-0.3, -0.25) is 4.99 Å². The zero-order valence-electron chi connectivity index (χ0n) is 16.4. The fourth-order valence-electron chi connectivity index (χ4n) is 2.63. The number of rotatable bonds is 7. The zero-order chi connectivity index (χ0) is 21.6. The van der Waals surface area contributed by atoms with Gasteiger partial charge in [-0.15, -0.1) is 0 Å². The van der Waals surface area contributed by atoms with Crippen molar-refractivity contribution < 1.29 is 13.9 Å². The molecule has 3 aromatic carbocycles. The minimum Gasteiger partial charge on any atom is -0.497 e. The van der Waals surface area contributed by atoms with Crippen LogP contribution in [0.2, 0.25) is 5.02 Å². The third kappa shape index (κ3) is 5.94. The molecule has 7 heteroatoms. The molecular weight excluding hydrogens is 498 g/mol. The van der Waals surface area contributed by atoms with Crippen molar-refractivity contribution in [1.82, 2.24) is 0 Å². The summed E-state index contributed by atoms with van der Waals surface area (Å²) in [5, 5.41) is 1.46. The minimum absolute atomic E-state index is 0.655. The molecule has 0 bridgehead atoms. The van der Waals surface area contributed by atoms with E-state index in [0.29, 0.717) is 10.8 Å². The average molecular weight is 515 g/mol. The highest BCUT2D eigenvalue weighted by atomic mass is 79.9. The molecule has 0 radical (unpaired) electrons. The Morgan fingerprint density at radius 2 is 1.52 bits per heavy atom. The smallest absolute Gasteiger partial charge is 0.179 e. The summed E-state index contributed by atoms with van der Waals surface area (Å²) in [7, 11) is 1.63. The average Bonchev–Trinajstić information content (AvgIpc) is 3.14. The first-order valence-electron chi connectivity index (χ1n) is 9.28. The molecule has 0 N–H and O–H groups in total. The van der Waals surface area contributed by atoms with Crippen molar-refractivity contribution in [2.75, 3.05) is 7.11 Å². The monoisotopic (exact) mass is 513 g/mol. The number of aliphatic imine (C=N–C) groups is 1. The predicted octanol–water partition coefficient (Wildman–Crippen LogP) is 8.40. The van der Waals surface area contributed by atoms with E-state index in [-0.39, 0.29) is 0 Å². The summed E-state index contributed by atoms with van der Waals surface area (Å²) in [4.78, 5) is 5.52. The van der Waals surface area contributed by atoms with E-state index >= 15 is 0 Å². The number of benzene rings is 3. The molecule has 0 aliphatic heterocycles. The standard InChI is InChI=1S/C24H17BrClNO3S/c1-28-18-8-10-20(11-9-18)29-19-6-4-17(5-7-19)27-15-21-14-23(25)24(30-21)31-22-12-2-16(26)3-13-22/h2-15H,1H3. The van der Waals surface area contributed by atoms with Crippen molar-refractivity contribution in [3.63, 3.8) is 0 Å². The van der Waals surface area contributed by atoms with Crippen LogP contribution in [0.15, 0.2) is 103 Å². The maximum atomic E-state index is 5.94. The van der Waals surface area contributed by atoms with Crippen molar-refractivity contribution in [3.8, 4) is 17.2 Å². The van der Waals surface area contributed by atoms with Crippen molar-refractivity contribution in [3.05, 3.63) is 94.1 Å². The van der Waals surface area contributed by atoms with Crippen molar-refractivity contribution in [1.29, 1.82) is 0 Å². The van der Waals surface area contributed by atoms with Gasteiger partial charge in [0.2, 0.25) is 0 Å². The highest BCUT2D eigenvalue weighted by molar-refractivity contribution is 9.10. The molecule has 0 atom stereocenters. The fourth-order valence-corrected chi connectivity index (χ4v) is 4.09. The number of hydrogen-bond donors (Lipinski definition) is 0. The molecule has 1 aromatic heterocycles. The van der Waals surface area contributed by atoms with Crippen LogP contribution in [0.1, 0.15) is 5.76 Å². The minimum atomic E-state index is 0.655. The van der Waals surface area contributed by atoms with E-state index in [1.807, 2.05) is 78.9 Å². The Hall–Kier alpha value is -2.67. The highest BCUT2D eigenvalue weighted by Gasteiger charge is 2.10. The Labute approximate surface area is 198 Å².